The van der Waals surface area contributed by atoms with Crippen LogP contribution in [0.4, 0.5) is 4.79 Å². The van der Waals surface area contributed by atoms with Crippen LogP contribution < -0.4 is 0 Å². The Hall–Kier alpha value is -1.41. The molecular formula is C28H51NO5Si. The van der Waals surface area contributed by atoms with Crippen LogP contribution in [0.3, 0.4) is 0 Å². The summed E-state index contributed by atoms with van der Waals surface area (Å²) in [6.45, 7) is 20.0. The van der Waals surface area contributed by atoms with E-state index in [1.807, 2.05) is 33.0 Å². The molecule has 0 aromatic heterocycles. The molecule has 1 aromatic carbocycles. The van der Waals surface area contributed by atoms with Crippen LogP contribution in [0.25, 0.3) is 0 Å². The molecule has 0 saturated carbocycles. The Balaban J connectivity index is 2.65. The fourth-order valence-corrected chi connectivity index (χ4v) is 4.56. The lowest BCUT2D eigenvalue weighted by Gasteiger charge is -2.37. The van der Waals surface area contributed by atoms with Gasteiger partial charge in [0, 0.05) is 20.3 Å². The number of ether oxygens (including phenoxy) is 3. The zero-order chi connectivity index (χ0) is 26.9. The van der Waals surface area contributed by atoms with Crippen molar-refractivity contribution < 1.29 is 23.4 Å². The highest BCUT2D eigenvalue weighted by Gasteiger charge is 2.42. The highest BCUT2D eigenvalue weighted by atomic mass is 28.4. The summed E-state index contributed by atoms with van der Waals surface area (Å²) < 4.78 is 23.5. The lowest BCUT2D eigenvalue weighted by molar-refractivity contribution is -0.174. The molecule has 0 fully saturated rings. The van der Waals surface area contributed by atoms with Gasteiger partial charge in [-0.15, -0.1) is 0 Å². The highest BCUT2D eigenvalue weighted by molar-refractivity contribution is 6.75. The zero-order valence-corrected chi connectivity index (χ0v) is 25.1. The van der Waals surface area contributed by atoms with E-state index >= 15 is 0 Å². The monoisotopic (exact) mass is 509 g/mol. The van der Waals surface area contributed by atoms with Gasteiger partial charge in [0.25, 0.3) is 8.32 Å². The third-order valence-electron chi connectivity index (χ3n) is 7.23. The summed E-state index contributed by atoms with van der Waals surface area (Å²) in [6, 6.07) is 10.6. The summed E-state index contributed by atoms with van der Waals surface area (Å²) in [5.41, 5.74) is 0.632. The van der Waals surface area contributed by atoms with Gasteiger partial charge in [-0.3, -0.25) is 4.90 Å². The maximum Gasteiger partial charge on any atom is 0.494 e. The molecule has 0 bridgehead atoms. The maximum atomic E-state index is 12.5. The van der Waals surface area contributed by atoms with Gasteiger partial charge in [0.1, 0.15) is 5.60 Å². The van der Waals surface area contributed by atoms with Crippen LogP contribution in [-0.2, 0) is 25.2 Å². The zero-order valence-electron chi connectivity index (χ0n) is 24.1. The molecule has 202 valence electrons. The molecule has 7 heteroatoms. The Bertz CT molecular complexity index is 747. The van der Waals surface area contributed by atoms with Crippen molar-refractivity contribution in [2.75, 3.05) is 20.8 Å². The first-order valence-electron chi connectivity index (χ1n) is 12.9. The standard InChI is InChI=1S/C28H51NO5Si/c1-12-22(2)24(29(8)21-23-17-14-13-15-18-23)25(31-9)32-20-16-19-28(6,7)33-26(30)34-35(10,11)27(3,4)5/h13-15,17-18,22,24-25H,12,16,19-21H2,1-11H3/t22-,24-,25?/m0/s1. The van der Waals surface area contributed by atoms with E-state index < -0.39 is 20.1 Å². The van der Waals surface area contributed by atoms with Crippen LogP contribution in [0.2, 0.25) is 18.1 Å². The number of hydrogen-bond donors (Lipinski definition) is 0. The van der Waals surface area contributed by atoms with E-state index in [-0.39, 0.29) is 17.4 Å². The Morgan fingerprint density at radius 2 is 1.69 bits per heavy atom. The predicted molar refractivity (Wildman–Crippen MR) is 146 cm³/mol. The number of carbonyl (C=O) groups excluding carboxylic acids is 1. The summed E-state index contributed by atoms with van der Waals surface area (Å²) in [4.78, 5) is 14.8. The van der Waals surface area contributed by atoms with Crippen LogP contribution in [0.5, 0.6) is 0 Å². The second kappa shape index (κ2) is 13.8. The summed E-state index contributed by atoms with van der Waals surface area (Å²) in [5, 5.41) is -0.0565. The largest absolute Gasteiger partial charge is 0.494 e. The third kappa shape index (κ3) is 10.6. The van der Waals surface area contributed by atoms with Crippen molar-refractivity contribution in [2.45, 2.75) is 110 Å². The van der Waals surface area contributed by atoms with Crippen molar-refractivity contribution in [1.82, 2.24) is 4.90 Å². The molecule has 1 rings (SSSR count). The second-order valence-corrected chi connectivity index (χ2v) is 16.6. The molecule has 3 atom stereocenters. The molecule has 0 aliphatic rings. The molecule has 0 aliphatic heterocycles. The molecule has 0 saturated heterocycles. The SMILES string of the molecule is CC[C@H](C)[C@@H](C(OC)OCCCC(C)(C)OC(=O)O[Si](C)(C)C(C)(C)C)N(C)Cc1ccccc1. The number of nitrogens with zero attached hydrogens (tertiary/aromatic N) is 1. The molecule has 0 amide bonds. The van der Waals surface area contributed by atoms with Crippen LogP contribution in [0.1, 0.15) is 73.3 Å². The lowest BCUT2D eigenvalue weighted by Crippen LogP contribution is -2.47. The summed E-state index contributed by atoms with van der Waals surface area (Å²) in [5.74, 6) is 0.401. The van der Waals surface area contributed by atoms with Gasteiger partial charge in [-0.2, -0.15) is 0 Å². The van der Waals surface area contributed by atoms with Crippen molar-refractivity contribution in [2.24, 2.45) is 5.92 Å². The van der Waals surface area contributed by atoms with Crippen LogP contribution in [0, 0.1) is 5.92 Å². The fraction of sp³-hybridized carbons (Fsp3) is 0.750. The molecule has 0 radical (unpaired) electrons. The van der Waals surface area contributed by atoms with Gasteiger partial charge in [0.05, 0.1) is 6.04 Å². The number of methoxy groups -OCH3 is 1. The van der Waals surface area contributed by atoms with E-state index in [2.05, 4.69) is 70.8 Å². The molecule has 0 aliphatic carbocycles. The first-order chi connectivity index (χ1) is 16.1. The number of rotatable bonds is 14. The van der Waals surface area contributed by atoms with Gasteiger partial charge in [-0.25, -0.2) is 4.79 Å². The third-order valence-corrected chi connectivity index (χ3v) is 11.5. The average molecular weight is 510 g/mol. The van der Waals surface area contributed by atoms with Crippen LogP contribution >= 0.6 is 0 Å². The highest BCUT2D eigenvalue weighted by Crippen LogP contribution is 2.37. The van der Waals surface area contributed by atoms with Crippen LogP contribution in [-0.4, -0.2) is 58.1 Å². The van der Waals surface area contributed by atoms with Crippen molar-refractivity contribution in [3.63, 3.8) is 0 Å². The van der Waals surface area contributed by atoms with Gasteiger partial charge >= 0.3 is 6.16 Å². The summed E-state index contributed by atoms with van der Waals surface area (Å²) in [6.07, 6.45) is 1.53. The van der Waals surface area contributed by atoms with Crippen molar-refractivity contribution >= 4 is 14.5 Å². The topological polar surface area (TPSA) is 57.2 Å². The van der Waals surface area contributed by atoms with Gasteiger partial charge < -0.3 is 18.6 Å². The lowest BCUT2D eigenvalue weighted by atomic mass is 9.96. The van der Waals surface area contributed by atoms with Crippen molar-refractivity contribution in [3.05, 3.63) is 35.9 Å². The molecule has 35 heavy (non-hydrogen) atoms. The Kier molecular flexibility index (Phi) is 12.4. The van der Waals surface area contributed by atoms with Gasteiger partial charge in [0.2, 0.25) is 0 Å². The quantitative estimate of drug-likeness (QED) is 0.114. The number of hydrogen-bond acceptors (Lipinski definition) is 6. The fourth-order valence-electron chi connectivity index (χ4n) is 3.79. The summed E-state index contributed by atoms with van der Waals surface area (Å²) >= 11 is 0. The maximum absolute atomic E-state index is 12.5. The Labute approximate surface area is 215 Å². The van der Waals surface area contributed by atoms with Crippen molar-refractivity contribution in [1.29, 1.82) is 0 Å². The molecule has 0 N–H and O–H groups in total. The molecule has 6 nitrogen and oxygen atoms in total. The minimum Gasteiger partial charge on any atom is -0.489 e. The van der Waals surface area contributed by atoms with Gasteiger partial charge in [-0.1, -0.05) is 71.4 Å². The second-order valence-electron chi connectivity index (χ2n) is 11.8. The molecular weight excluding hydrogens is 458 g/mol. The minimum atomic E-state index is -2.21. The number of carbonyl (C=O) groups is 1. The van der Waals surface area contributed by atoms with Gasteiger partial charge in [0.15, 0.2) is 6.29 Å². The predicted octanol–water partition coefficient (Wildman–Crippen LogP) is 7.24. The van der Waals surface area contributed by atoms with Gasteiger partial charge in [-0.05, 0) is 63.4 Å². The Morgan fingerprint density at radius 3 is 2.20 bits per heavy atom. The first kappa shape index (κ1) is 31.6. The average Bonchev–Trinajstić information content (AvgIpc) is 2.74. The first-order valence-corrected chi connectivity index (χ1v) is 15.8. The number of benzene rings is 1. The molecule has 0 spiro atoms. The number of likely N-dealkylation sites (N-methyl/N-ethyl adjacent to an activating group) is 1. The van der Waals surface area contributed by atoms with E-state index in [9.17, 15) is 4.79 Å². The molecule has 1 aromatic rings. The van der Waals surface area contributed by atoms with E-state index in [0.29, 0.717) is 18.9 Å². The van der Waals surface area contributed by atoms with E-state index in [1.165, 1.54) is 5.56 Å². The van der Waals surface area contributed by atoms with E-state index in [0.717, 1.165) is 19.4 Å². The minimum absolute atomic E-state index is 0.0565. The summed E-state index contributed by atoms with van der Waals surface area (Å²) in [7, 11) is 1.63. The molecule has 0 heterocycles. The van der Waals surface area contributed by atoms with E-state index in [1.54, 1.807) is 7.11 Å². The molecule has 1 unspecified atom stereocenters. The van der Waals surface area contributed by atoms with E-state index in [4.69, 9.17) is 18.6 Å². The Morgan fingerprint density at radius 1 is 1.09 bits per heavy atom. The van der Waals surface area contributed by atoms with Crippen LogP contribution in [0.15, 0.2) is 30.3 Å². The smallest absolute Gasteiger partial charge is 0.489 e. The van der Waals surface area contributed by atoms with Crippen molar-refractivity contribution in [3.8, 4) is 0 Å². The normalized spacial score (nSPS) is 15.5.